The molecule has 5 heteroatoms. The fourth-order valence-electron chi connectivity index (χ4n) is 2.33. The van der Waals surface area contributed by atoms with Gasteiger partial charge in [-0.2, -0.15) is 11.8 Å². The molecule has 1 fully saturated rings. The van der Waals surface area contributed by atoms with Gasteiger partial charge < -0.3 is 10.2 Å². The second-order valence-electron chi connectivity index (χ2n) is 4.84. The largest absolute Gasteiger partial charge is 0.344 e. The zero-order valence-electron chi connectivity index (χ0n) is 11.7. The third-order valence-corrected chi connectivity index (χ3v) is 5.90. The van der Waals surface area contributed by atoms with E-state index in [1.807, 2.05) is 23.1 Å². The molecule has 0 aliphatic carbocycles. The number of hydrogen-bond acceptors (Lipinski definition) is 5. The van der Waals surface area contributed by atoms with Gasteiger partial charge in [-0.1, -0.05) is 6.92 Å². The molecule has 2 heterocycles. The van der Waals surface area contributed by atoms with Crippen molar-refractivity contribution in [2.24, 2.45) is 0 Å². The molecular formula is C13H23N3S2. The molecule has 3 nitrogen and oxygen atoms in total. The molecule has 102 valence electrons. The average Bonchev–Trinajstić information content (AvgIpc) is 2.72. The van der Waals surface area contributed by atoms with Crippen molar-refractivity contribution in [1.82, 2.24) is 10.3 Å². The van der Waals surface area contributed by atoms with E-state index in [-0.39, 0.29) is 0 Å². The van der Waals surface area contributed by atoms with Crippen molar-refractivity contribution in [2.75, 3.05) is 29.5 Å². The van der Waals surface area contributed by atoms with Crippen LogP contribution in [0.4, 0.5) is 5.13 Å². The SMILES string of the molecule is CCNC(C)c1sc(N2CCSCC2C)nc1C. The van der Waals surface area contributed by atoms with Crippen LogP contribution >= 0.6 is 23.1 Å². The predicted octanol–water partition coefficient (Wildman–Crippen LogP) is 3.06. The molecule has 1 N–H and O–H groups in total. The number of rotatable bonds is 4. The normalized spacial score (nSPS) is 22.2. The zero-order valence-corrected chi connectivity index (χ0v) is 13.3. The van der Waals surface area contributed by atoms with Crippen molar-refractivity contribution in [1.29, 1.82) is 0 Å². The minimum absolute atomic E-state index is 0.413. The molecule has 18 heavy (non-hydrogen) atoms. The van der Waals surface area contributed by atoms with Gasteiger partial charge in [0.05, 0.1) is 5.69 Å². The maximum absolute atomic E-state index is 4.78. The van der Waals surface area contributed by atoms with Crippen LogP contribution in [-0.4, -0.2) is 35.6 Å². The fraction of sp³-hybridized carbons (Fsp3) is 0.769. The Kier molecular flexibility index (Phi) is 4.92. The van der Waals surface area contributed by atoms with E-state index < -0.39 is 0 Å². The summed E-state index contributed by atoms with van der Waals surface area (Å²) in [6.45, 7) is 10.9. The van der Waals surface area contributed by atoms with Crippen molar-refractivity contribution in [3.05, 3.63) is 10.6 Å². The number of nitrogens with zero attached hydrogens (tertiary/aromatic N) is 2. The average molecular weight is 285 g/mol. The first-order chi connectivity index (χ1) is 8.63. The van der Waals surface area contributed by atoms with Crippen LogP contribution in [0.15, 0.2) is 0 Å². The highest BCUT2D eigenvalue weighted by Crippen LogP contribution is 2.33. The highest BCUT2D eigenvalue weighted by atomic mass is 32.2. The number of aromatic nitrogens is 1. The van der Waals surface area contributed by atoms with Crippen molar-refractivity contribution in [3.8, 4) is 0 Å². The summed E-state index contributed by atoms with van der Waals surface area (Å²) < 4.78 is 0. The number of nitrogens with one attached hydrogen (secondary N) is 1. The Hall–Kier alpha value is -0.260. The first-order valence-corrected chi connectivity index (χ1v) is 8.65. The van der Waals surface area contributed by atoms with Crippen LogP contribution in [0.3, 0.4) is 0 Å². The maximum Gasteiger partial charge on any atom is 0.186 e. The highest BCUT2D eigenvalue weighted by molar-refractivity contribution is 7.99. The Labute approximate surface area is 118 Å². The van der Waals surface area contributed by atoms with E-state index in [1.165, 1.54) is 27.2 Å². The smallest absolute Gasteiger partial charge is 0.186 e. The number of aryl methyl sites for hydroxylation is 1. The minimum atomic E-state index is 0.413. The lowest BCUT2D eigenvalue weighted by atomic mass is 10.2. The van der Waals surface area contributed by atoms with Gasteiger partial charge in [0.15, 0.2) is 5.13 Å². The van der Waals surface area contributed by atoms with Gasteiger partial charge in [0.2, 0.25) is 0 Å². The van der Waals surface area contributed by atoms with Crippen molar-refractivity contribution in [3.63, 3.8) is 0 Å². The van der Waals surface area contributed by atoms with Gasteiger partial charge in [0.25, 0.3) is 0 Å². The Morgan fingerprint density at radius 2 is 2.33 bits per heavy atom. The Bertz CT molecular complexity index is 392. The van der Waals surface area contributed by atoms with Crippen molar-refractivity contribution >= 4 is 28.2 Å². The first-order valence-electron chi connectivity index (χ1n) is 6.68. The highest BCUT2D eigenvalue weighted by Gasteiger charge is 2.23. The third-order valence-electron chi connectivity index (χ3n) is 3.34. The number of thiazole rings is 1. The summed E-state index contributed by atoms with van der Waals surface area (Å²) in [5, 5.41) is 4.69. The lowest BCUT2D eigenvalue weighted by molar-refractivity contribution is 0.603. The second kappa shape index (κ2) is 6.26. The van der Waals surface area contributed by atoms with E-state index in [9.17, 15) is 0 Å². The van der Waals surface area contributed by atoms with Crippen LogP contribution in [0.1, 0.15) is 37.4 Å². The molecule has 0 radical (unpaired) electrons. The topological polar surface area (TPSA) is 28.2 Å². The first kappa shape index (κ1) is 14.2. The molecule has 2 atom stereocenters. The van der Waals surface area contributed by atoms with Crippen LogP contribution in [-0.2, 0) is 0 Å². The quantitative estimate of drug-likeness (QED) is 0.920. The molecule has 2 rings (SSSR count). The van der Waals surface area contributed by atoms with E-state index in [0.717, 1.165) is 13.1 Å². The molecule has 1 aromatic rings. The third kappa shape index (κ3) is 3.00. The lowest BCUT2D eigenvalue weighted by Crippen LogP contribution is -2.40. The van der Waals surface area contributed by atoms with Gasteiger partial charge in [-0.3, -0.25) is 0 Å². The summed E-state index contributed by atoms with van der Waals surface area (Å²) in [6.07, 6.45) is 0. The van der Waals surface area contributed by atoms with Gasteiger partial charge in [0.1, 0.15) is 0 Å². The van der Waals surface area contributed by atoms with Gasteiger partial charge in [-0.05, 0) is 27.3 Å². The van der Waals surface area contributed by atoms with E-state index in [4.69, 9.17) is 4.98 Å². The van der Waals surface area contributed by atoms with Gasteiger partial charge in [-0.15, -0.1) is 11.3 Å². The summed E-state index contributed by atoms with van der Waals surface area (Å²) in [5.74, 6) is 2.44. The predicted molar refractivity (Wildman–Crippen MR) is 83.1 cm³/mol. The molecule has 0 amide bonds. The van der Waals surface area contributed by atoms with E-state index in [1.54, 1.807) is 0 Å². The van der Waals surface area contributed by atoms with Gasteiger partial charge >= 0.3 is 0 Å². The number of hydrogen-bond donors (Lipinski definition) is 1. The van der Waals surface area contributed by atoms with E-state index in [2.05, 4.69) is 37.9 Å². The number of thioether (sulfide) groups is 1. The molecule has 1 aliphatic rings. The summed E-state index contributed by atoms with van der Waals surface area (Å²) in [6, 6.07) is 1.02. The Balaban J connectivity index is 2.17. The van der Waals surface area contributed by atoms with E-state index >= 15 is 0 Å². The Morgan fingerprint density at radius 3 is 3.00 bits per heavy atom. The summed E-state index contributed by atoms with van der Waals surface area (Å²) >= 11 is 3.91. The van der Waals surface area contributed by atoms with Crippen LogP contribution in [0.25, 0.3) is 0 Å². The van der Waals surface area contributed by atoms with Crippen LogP contribution in [0.5, 0.6) is 0 Å². The Morgan fingerprint density at radius 1 is 1.56 bits per heavy atom. The summed E-state index contributed by atoms with van der Waals surface area (Å²) in [5.41, 5.74) is 1.19. The lowest BCUT2D eigenvalue weighted by Gasteiger charge is -2.32. The second-order valence-corrected chi connectivity index (χ2v) is 7.00. The molecule has 1 saturated heterocycles. The molecule has 0 spiro atoms. The molecule has 0 saturated carbocycles. The fourth-order valence-corrected chi connectivity index (χ4v) is 4.56. The summed E-state index contributed by atoms with van der Waals surface area (Å²) in [7, 11) is 0. The van der Waals surface area contributed by atoms with Crippen molar-refractivity contribution < 1.29 is 0 Å². The van der Waals surface area contributed by atoms with E-state index in [0.29, 0.717) is 12.1 Å². The molecular weight excluding hydrogens is 262 g/mol. The molecule has 2 unspecified atom stereocenters. The number of anilines is 1. The van der Waals surface area contributed by atoms with Crippen molar-refractivity contribution in [2.45, 2.75) is 39.8 Å². The molecule has 1 aromatic heterocycles. The van der Waals surface area contributed by atoms with Crippen LogP contribution in [0, 0.1) is 6.92 Å². The molecule has 0 aromatic carbocycles. The molecule has 0 bridgehead atoms. The summed E-state index contributed by atoms with van der Waals surface area (Å²) in [4.78, 5) is 8.64. The maximum atomic E-state index is 4.78. The molecule has 1 aliphatic heterocycles. The zero-order chi connectivity index (χ0) is 13.1. The monoisotopic (exact) mass is 285 g/mol. The van der Waals surface area contributed by atoms with Gasteiger partial charge in [-0.25, -0.2) is 4.98 Å². The minimum Gasteiger partial charge on any atom is -0.344 e. The van der Waals surface area contributed by atoms with Crippen LogP contribution < -0.4 is 10.2 Å². The van der Waals surface area contributed by atoms with Gasteiger partial charge in [0, 0.05) is 35.0 Å². The van der Waals surface area contributed by atoms with Crippen LogP contribution in [0.2, 0.25) is 0 Å². The standard InChI is InChI=1S/C13H23N3S2/c1-5-14-10(3)12-11(4)15-13(18-12)16-6-7-17-8-9(16)2/h9-10,14H,5-8H2,1-4H3.